The van der Waals surface area contributed by atoms with E-state index >= 15 is 0 Å². The first kappa shape index (κ1) is 13.1. The maximum absolute atomic E-state index is 12.2. The molecular weight excluding hydrogens is 252 g/mol. The average Bonchev–Trinajstić information content (AvgIpc) is 2.32. The number of hydrogen-bond acceptors (Lipinski definition) is 5. The topological polar surface area (TPSA) is 81.9 Å². The molecule has 2 rings (SSSR count). The molecule has 102 valence electrons. The molecule has 1 aromatic rings. The van der Waals surface area contributed by atoms with Gasteiger partial charge in [-0.2, -0.15) is 0 Å². The molecule has 0 N–H and O–H groups in total. The second-order valence-corrected chi connectivity index (χ2v) is 4.27. The van der Waals surface area contributed by atoms with Gasteiger partial charge in [-0.15, -0.1) is 10.1 Å². The summed E-state index contributed by atoms with van der Waals surface area (Å²) >= 11 is 0. The number of benzene rings is 1. The Kier molecular flexibility index (Phi) is 3.55. The summed E-state index contributed by atoms with van der Waals surface area (Å²) in [7, 11) is 0. The van der Waals surface area contributed by atoms with Gasteiger partial charge in [-0.1, -0.05) is 6.07 Å². The highest BCUT2D eigenvalue weighted by Crippen LogP contribution is 2.28. The lowest BCUT2D eigenvalue weighted by molar-refractivity contribution is -0.757. The molecule has 0 radical (unpaired) electrons. The molecule has 1 aromatic carbocycles. The van der Waals surface area contributed by atoms with Gasteiger partial charge in [0.2, 0.25) is 0 Å². The van der Waals surface area contributed by atoms with Crippen molar-refractivity contribution in [1.29, 1.82) is 0 Å². The number of fused-ring (bicyclic) bond motifs is 1. The highest BCUT2D eigenvalue weighted by atomic mass is 16.9. The Labute approximate surface area is 109 Å². The lowest BCUT2D eigenvalue weighted by Gasteiger charge is -2.34. The molecule has 1 aliphatic heterocycles. The standard InChI is InChI=1S/C12H14N2O5/c1-8-3-4-10-11(7-8)19-9(2)13(12(10)15)5-6-18-14(16)17/h3-4,7,9H,5-6H2,1-2H3. The number of nitrogens with zero attached hydrogens (tertiary/aromatic N) is 2. The van der Waals surface area contributed by atoms with E-state index in [0.717, 1.165) is 5.56 Å². The predicted molar refractivity (Wildman–Crippen MR) is 65.3 cm³/mol. The molecule has 0 spiro atoms. The predicted octanol–water partition coefficient (Wildman–Crippen LogP) is 1.38. The Morgan fingerprint density at radius 2 is 2.26 bits per heavy atom. The van der Waals surface area contributed by atoms with Crippen LogP contribution in [0.25, 0.3) is 0 Å². The van der Waals surface area contributed by atoms with Crippen LogP contribution in [0, 0.1) is 17.0 Å². The summed E-state index contributed by atoms with van der Waals surface area (Å²) in [6, 6.07) is 5.32. The van der Waals surface area contributed by atoms with Crippen molar-refractivity contribution in [3.63, 3.8) is 0 Å². The zero-order chi connectivity index (χ0) is 14.0. The van der Waals surface area contributed by atoms with Gasteiger partial charge in [-0.3, -0.25) is 4.79 Å². The Balaban J connectivity index is 2.13. The highest BCUT2D eigenvalue weighted by Gasteiger charge is 2.30. The van der Waals surface area contributed by atoms with E-state index in [1.54, 1.807) is 19.1 Å². The number of carbonyl (C=O) groups excluding carboxylic acids is 1. The Hall–Kier alpha value is -2.31. The van der Waals surface area contributed by atoms with E-state index < -0.39 is 11.3 Å². The third-order valence-corrected chi connectivity index (χ3v) is 2.89. The molecule has 1 aliphatic rings. The number of ether oxygens (including phenoxy) is 1. The van der Waals surface area contributed by atoms with E-state index in [2.05, 4.69) is 4.84 Å². The zero-order valence-corrected chi connectivity index (χ0v) is 10.7. The van der Waals surface area contributed by atoms with Crippen LogP contribution >= 0.6 is 0 Å². The largest absolute Gasteiger partial charge is 0.470 e. The highest BCUT2D eigenvalue weighted by molar-refractivity contribution is 5.98. The molecule has 0 aromatic heterocycles. The third kappa shape index (κ3) is 2.75. The van der Waals surface area contributed by atoms with Gasteiger partial charge in [0.05, 0.1) is 5.56 Å². The van der Waals surface area contributed by atoms with Gasteiger partial charge in [0.15, 0.2) is 6.23 Å². The maximum Gasteiger partial charge on any atom is 0.294 e. The summed E-state index contributed by atoms with van der Waals surface area (Å²) in [5.41, 5.74) is 1.47. The molecule has 19 heavy (non-hydrogen) atoms. The van der Waals surface area contributed by atoms with Crippen molar-refractivity contribution in [2.75, 3.05) is 13.2 Å². The smallest absolute Gasteiger partial charge is 0.294 e. The van der Waals surface area contributed by atoms with E-state index in [9.17, 15) is 14.9 Å². The fraction of sp³-hybridized carbons (Fsp3) is 0.417. The van der Waals surface area contributed by atoms with Crippen LogP contribution in [-0.4, -0.2) is 35.3 Å². The average molecular weight is 266 g/mol. The van der Waals surface area contributed by atoms with E-state index in [1.807, 2.05) is 13.0 Å². The minimum absolute atomic E-state index is 0.105. The van der Waals surface area contributed by atoms with Gasteiger partial charge in [0.25, 0.3) is 11.0 Å². The van der Waals surface area contributed by atoms with Crippen LogP contribution in [0.5, 0.6) is 5.75 Å². The van der Waals surface area contributed by atoms with Crippen molar-refractivity contribution in [3.8, 4) is 5.75 Å². The Morgan fingerprint density at radius 3 is 2.95 bits per heavy atom. The van der Waals surface area contributed by atoms with E-state index in [4.69, 9.17) is 4.74 Å². The first-order chi connectivity index (χ1) is 8.99. The van der Waals surface area contributed by atoms with Gasteiger partial charge >= 0.3 is 0 Å². The minimum atomic E-state index is -0.878. The van der Waals surface area contributed by atoms with Gasteiger partial charge in [0.1, 0.15) is 12.4 Å². The number of carbonyl (C=O) groups is 1. The van der Waals surface area contributed by atoms with Crippen LogP contribution in [0.2, 0.25) is 0 Å². The second kappa shape index (κ2) is 5.13. The summed E-state index contributed by atoms with van der Waals surface area (Å²) in [6.07, 6.45) is -0.475. The molecule has 0 saturated heterocycles. The summed E-state index contributed by atoms with van der Waals surface area (Å²) in [6.45, 7) is 3.56. The molecule has 0 aliphatic carbocycles. The van der Waals surface area contributed by atoms with Crippen molar-refractivity contribution in [3.05, 3.63) is 39.4 Å². The van der Waals surface area contributed by atoms with Crippen LogP contribution in [-0.2, 0) is 4.84 Å². The van der Waals surface area contributed by atoms with Crippen LogP contribution in [0.15, 0.2) is 18.2 Å². The molecule has 7 nitrogen and oxygen atoms in total. The molecule has 1 heterocycles. The molecule has 1 amide bonds. The van der Waals surface area contributed by atoms with Crippen LogP contribution < -0.4 is 4.74 Å². The Morgan fingerprint density at radius 1 is 1.53 bits per heavy atom. The Bertz CT molecular complexity index is 517. The van der Waals surface area contributed by atoms with Crippen molar-refractivity contribution in [2.45, 2.75) is 20.1 Å². The fourth-order valence-electron chi connectivity index (χ4n) is 1.97. The first-order valence-corrected chi connectivity index (χ1v) is 5.84. The van der Waals surface area contributed by atoms with Crippen molar-refractivity contribution >= 4 is 5.91 Å². The number of rotatable bonds is 4. The normalized spacial score (nSPS) is 17.7. The second-order valence-electron chi connectivity index (χ2n) is 4.27. The van der Waals surface area contributed by atoms with Crippen molar-refractivity contribution in [1.82, 2.24) is 4.90 Å². The van der Waals surface area contributed by atoms with E-state index in [-0.39, 0.29) is 19.1 Å². The summed E-state index contributed by atoms with van der Waals surface area (Å²) in [5.74, 6) is 0.338. The monoisotopic (exact) mass is 266 g/mol. The summed E-state index contributed by atoms with van der Waals surface area (Å²) < 4.78 is 5.63. The third-order valence-electron chi connectivity index (χ3n) is 2.89. The first-order valence-electron chi connectivity index (χ1n) is 5.84. The summed E-state index contributed by atoms with van der Waals surface area (Å²) in [4.78, 5) is 27.9. The van der Waals surface area contributed by atoms with Gasteiger partial charge in [0, 0.05) is 6.54 Å². The molecule has 0 fully saturated rings. The maximum atomic E-state index is 12.2. The van der Waals surface area contributed by atoms with E-state index in [1.165, 1.54) is 4.90 Å². The number of hydrogen-bond donors (Lipinski definition) is 0. The van der Waals surface area contributed by atoms with Crippen LogP contribution in [0.3, 0.4) is 0 Å². The fourth-order valence-corrected chi connectivity index (χ4v) is 1.97. The van der Waals surface area contributed by atoms with Gasteiger partial charge in [-0.05, 0) is 31.5 Å². The lowest BCUT2D eigenvalue weighted by Crippen LogP contribution is -2.47. The molecule has 0 saturated carbocycles. The molecule has 0 bridgehead atoms. The molecule has 1 atom stereocenters. The van der Waals surface area contributed by atoms with Crippen molar-refractivity contribution < 1.29 is 19.5 Å². The SMILES string of the molecule is Cc1ccc2c(c1)OC(C)N(CCO[N+](=O)[O-])C2=O. The van der Waals surface area contributed by atoms with Crippen molar-refractivity contribution in [2.24, 2.45) is 0 Å². The minimum Gasteiger partial charge on any atom is -0.470 e. The zero-order valence-electron chi connectivity index (χ0n) is 10.7. The van der Waals surface area contributed by atoms with Crippen LogP contribution in [0.1, 0.15) is 22.8 Å². The molecular formula is C12H14N2O5. The lowest BCUT2D eigenvalue weighted by atomic mass is 10.1. The van der Waals surface area contributed by atoms with Gasteiger partial charge < -0.3 is 14.5 Å². The molecule has 1 unspecified atom stereocenters. The summed E-state index contributed by atoms with van der Waals surface area (Å²) in [5, 5.41) is 9.21. The number of aryl methyl sites for hydroxylation is 1. The number of amides is 1. The van der Waals surface area contributed by atoms with Gasteiger partial charge in [-0.25, -0.2) is 0 Å². The molecule has 7 heteroatoms. The van der Waals surface area contributed by atoms with Crippen LogP contribution in [0.4, 0.5) is 0 Å². The van der Waals surface area contributed by atoms with E-state index in [0.29, 0.717) is 11.3 Å². The quantitative estimate of drug-likeness (QED) is 0.607.